The van der Waals surface area contributed by atoms with Crippen LogP contribution in [0.3, 0.4) is 0 Å². The number of hydrogen-bond donors (Lipinski definition) is 1. The third-order valence-corrected chi connectivity index (χ3v) is 3.38. The summed E-state index contributed by atoms with van der Waals surface area (Å²) in [5.41, 5.74) is 0.941. The highest BCUT2D eigenvalue weighted by molar-refractivity contribution is 7.15. The van der Waals surface area contributed by atoms with E-state index in [-0.39, 0.29) is 11.5 Å². The van der Waals surface area contributed by atoms with E-state index in [4.69, 9.17) is 0 Å². The van der Waals surface area contributed by atoms with Crippen molar-refractivity contribution in [3.05, 3.63) is 10.6 Å². The smallest absolute Gasteiger partial charge is 0.183 e. The lowest BCUT2D eigenvalue weighted by Gasteiger charge is -2.26. The van der Waals surface area contributed by atoms with E-state index >= 15 is 0 Å². The summed E-state index contributed by atoms with van der Waals surface area (Å²) in [7, 11) is 0. The second-order valence-electron chi connectivity index (χ2n) is 4.78. The molecule has 0 spiro atoms. The number of thiazole rings is 1. The topological polar surface area (TPSA) is 42.0 Å². The maximum Gasteiger partial charge on any atom is 0.183 e. The minimum Gasteiger partial charge on any atom is -0.351 e. The summed E-state index contributed by atoms with van der Waals surface area (Å²) >= 11 is 1.59. The first kappa shape index (κ1) is 12.2. The third kappa shape index (κ3) is 3.02. The Kier molecular flexibility index (Phi) is 3.50. The average molecular weight is 226 g/mol. The second-order valence-corrected chi connectivity index (χ2v) is 5.99. The Morgan fingerprint density at radius 3 is 2.33 bits per heavy atom. The van der Waals surface area contributed by atoms with E-state index in [1.165, 1.54) is 4.88 Å². The van der Waals surface area contributed by atoms with Crippen molar-refractivity contribution in [2.24, 2.45) is 5.41 Å². The zero-order valence-corrected chi connectivity index (χ0v) is 10.7. The van der Waals surface area contributed by atoms with E-state index < -0.39 is 0 Å². The fraction of sp³-hybridized carbons (Fsp3) is 0.636. The van der Waals surface area contributed by atoms with Gasteiger partial charge in [-0.15, -0.1) is 11.3 Å². The summed E-state index contributed by atoms with van der Waals surface area (Å²) in [6, 6.07) is -0.192. The van der Waals surface area contributed by atoms with Crippen LogP contribution in [-0.2, 0) is 4.79 Å². The van der Waals surface area contributed by atoms with Crippen molar-refractivity contribution >= 4 is 22.8 Å². The molecule has 0 fully saturated rings. The molecule has 1 aromatic rings. The summed E-state index contributed by atoms with van der Waals surface area (Å²) < 4.78 is 0. The van der Waals surface area contributed by atoms with Gasteiger partial charge in [0, 0.05) is 4.88 Å². The number of hydrogen-bond acceptors (Lipinski definition) is 4. The van der Waals surface area contributed by atoms with Crippen molar-refractivity contribution in [2.75, 3.05) is 5.32 Å². The van der Waals surface area contributed by atoms with Gasteiger partial charge < -0.3 is 10.1 Å². The molecule has 0 saturated heterocycles. The van der Waals surface area contributed by atoms with Crippen LogP contribution < -0.4 is 5.32 Å². The quantitative estimate of drug-likeness (QED) is 0.806. The molecule has 1 N–H and O–H groups in total. The van der Waals surface area contributed by atoms with Gasteiger partial charge in [-0.25, -0.2) is 4.98 Å². The molecule has 1 rings (SSSR count). The number of aryl methyl sites for hydroxylation is 2. The summed E-state index contributed by atoms with van der Waals surface area (Å²) in [5.74, 6) is 0. The Bertz CT molecular complexity index is 332. The van der Waals surface area contributed by atoms with Gasteiger partial charge in [-0.3, -0.25) is 0 Å². The van der Waals surface area contributed by atoms with Gasteiger partial charge in [-0.05, 0) is 19.3 Å². The van der Waals surface area contributed by atoms with Gasteiger partial charge in [-0.2, -0.15) is 0 Å². The van der Waals surface area contributed by atoms with Gasteiger partial charge in [-0.1, -0.05) is 20.8 Å². The van der Waals surface area contributed by atoms with E-state index in [0.717, 1.165) is 17.1 Å². The van der Waals surface area contributed by atoms with Crippen LogP contribution in [0.1, 0.15) is 31.3 Å². The molecule has 1 unspecified atom stereocenters. The second kappa shape index (κ2) is 4.31. The Labute approximate surface area is 94.9 Å². The standard InChI is InChI=1S/C11H18N2OS/c1-7-8(2)15-10(12-7)13-9(6-14)11(3,4)5/h6,9H,1-5H3,(H,12,13). The Morgan fingerprint density at radius 1 is 1.40 bits per heavy atom. The molecule has 15 heavy (non-hydrogen) atoms. The molecule has 0 aliphatic heterocycles. The molecular formula is C11H18N2OS. The summed E-state index contributed by atoms with van der Waals surface area (Å²) in [6.07, 6.45) is 0.950. The zero-order valence-electron chi connectivity index (χ0n) is 9.92. The van der Waals surface area contributed by atoms with E-state index in [2.05, 4.69) is 10.3 Å². The van der Waals surface area contributed by atoms with Crippen LogP contribution in [0.5, 0.6) is 0 Å². The van der Waals surface area contributed by atoms with E-state index in [1.54, 1.807) is 11.3 Å². The largest absolute Gasteiger partial charge is 0.351 e. The molecule has 0 aliphatic rings. The van der Waals surface area contributed by atoms with Crippen LogP contribution in [0.4, 0.5) is 5.13 Å². The van der Waals surface area contributed by atoms with E-state index in [1.807, 2.05) is 34.6 Å². The number of nitrogens with zero attached hydrogens (tertiary/aromatic N) is 1. The number of carbonyl (C=O) groups excluding carboxylic acids is 1. The van der Waals surface area contributed by atoms with Gasteiger partial charge in [0.05, 0.1) is 11.7 Å². The Morgan fingerprint density at radius 2 is 2.00 bits per heavy atom. The Balaban J connectivity index is 2.80. The fourth-order valence-electron chi connectivity index (χ4n) is 1.12. The third-order valence-electron chi connectivity index (χ3n) is 2.38. The van der Waals surface area contributed by atoms with Crippen molar-refractivity contribution in [1.29, 1.82) is 0 Å². The Hall–Kier alpha value is -0.900. The molecule has 0 amide bonds. The molecule has 1 atom stereocenters. The number of carbonyl (C=O) groups is 1. The van der Waals surface area contributed by atoms with Crippen LogP contribution in [0, 0.1) is 19.3 Å². The first-order chi connectivity index (χ1) is 6.84. The van der Waals surface area contributed by atoms with E-state index in [9.17, 15) is 4.79 Å². The van der Waals surface area contributed by atoms with Gasteiger partial charge in [0.15, 0.2) is 5.13 Å². The number of nitrogens with one attached hydrogen (secondary N) is 1. The van der Waals surface area contributed by atoms with Crippen molar-refractivity contribution in [2.45, 2.75) is 40.7 Å². The van der Waals surface area contributed by atoms with Crippen LogP contribution in [0.25, 0.3) is 0 Å². The molecule has 0 radical (unpaired) electrons. The van der Waals surface area contributed by atoms with Gasteiger partial charge in [0.25, 0.3) is 0 Å². The maximum atomic E-state index is 11.0. The van der Waals surface area contributed by atoms with Crippen LogP contribution >= 0.6 is 11.3 Å². The monoisotopic (exact) mass is 226 g/mol. The summed E-state index contributed by atoms with van der Waals surface area (Å²) in [5, 5.41) is 4.00. The van der Waals surface area contributed by atoms with Crippen LogP contribution in [0.2, 0.25) is 0 Å². The lowest BCUT2D eigenvalue weighted by Crippen LogP contribution is -2.35. The first-order valence-corrected chi connectivity index (χ1v) is 5.82. The molecule has 0 aromatic carbocycles. The lowest BCUT2D eigenvalue weighted by atomic mass is 9.88. The van der Waals surface area contributed by atoms with Crippen molar-refractivity contribution in [1.82, 2.24) is 4.98 Å². The molecule has 4 heteroatoms. The molecule has 84 valence electrons. The minimum absolute atomic E-state index is 0.0881. The SMILES string of the molecule is Cc1nc(NC(C=O)C(C)(C)C)sc1C. The molecule has 0 aliphatic carbocycles. The lowest BCUT2D eigenvalue weighted by molar-refractivity contribution is -0.110. The average Bonchev–Trinajstić information content (AvgIpc) is 2.40. The highest BCUT2D eigenvalue weighted by Gasteiger charge is 2.24. The molecule has 0 bridgehead atoms. The van der Waals surface area contributed by atoms with Crippen molar-refractivity contribution in [3.8, 4) is 0 Å². The van der Waals surface area contributed by atoms with Crippen LogP contribution in [0.15, 0.2) is 0 Å². The zero-order chi connectivity index (χ0) is 11.6. The maximum absolute atomic E-state index is 11.0. The first-order valence-electron chi connectivity index (χ1n) is 5.00. The van der Waals surface area contributed by atoms with Crippen molar-refractivity contribution < 1.29 is 4.79 Å². The van der Waals surface area contributed by atoms with E-state index in [0.29, 0.717) is 0 Å². The number of anilines is 1. The minimum atomic E-state index is -0.192. The van der Waals surface area contributed by atoms with Crippen molar-refractivity contribution in [3.63, 3.8) is 0 Å². The van der Waals surface area contributed by atoms with Crippen LogP contribution in [-0.4, -0.2) is 17.3 Å². The van der Waals surface area contributed by atoms with Gasteiger partial charge >= 0.3 is 0 Å². The van der Waals surface area contributed by atoms with Gasteiger partial charge in [0.2, 0.25) is 0 Å². The molecule has 0 saturated carbocycles. The number of aromatic nitrogens is 1. The highest BCUT2D eigenvalue weighted by atomic mass is 32.1. The molecular weight excluding hydrogens is 208 g/mol. The van der Waals surface area contributed by atoms with Gasteiger partial charge in [0.1, 0.15) is 6.29 Å². The fourth-order valence-corrected chi connectivity index (χ4v) is 1.97. The highest BCUT2D eigenvalue weighted by Crippen LogP contribution is 2.26. The summed E-state index contributed by atoms with van der Waals surface area (Å²) in [6.45, 7) is 10.1. The molecule has 3 nitrogen and oxygen atoms in total. The predicted molar refractivity (Wildman–Crippen MR) is 64.5 cm³/mol. The summed E-state index contributed by atoms with van der Waals surface area (Å²) in [4.78, 5) is 16.5. The molecule has 1 aromatic heterocycles. The number of aldehydes is 1. The normalized spacial score (nSPS) is 13.7. The number of rotatable bonds is 3. The predicted octanol–water partition coefficient (Wildman–Crippen LogP) is 2.79. The molecule has 1 heterocycles.